The minimum Gasteiger partial charge on any atom is -0.456 e. The van der Waals surface area contributed by atoms with Crippen molar-refractivity contribution in [1.82, 2.24) is 4.90 Å². The van der Waals surface area contributed by atoms with Crippen molar-refractivity contribution in [3.63, 3.8) is 0 Å². The largest absolute Gasteiger partial charge is 0.456 e. The molecule has 128 valence electrons. The van der Waals surface area contributed by atoms with E-state index in [0.29, 0.717) is 25.1 Å². The second-order valence-electron chi connectivity index (χ2n) is 6.03. The second kappa shape index (κ2) is 8.46. The number of esters is 1. The van der Waals surface area contributed by atoms with E-state index in [0.717, 1.165) is 5.56 Å². The predicted molar refractivity (Wildman–Crippen MR) is 87.0 cm³/mol. The molecule has 1 aliphatic heterocycles. The highest BCUT2D eigenvalue weighted by molar-refractivity contribution is 5.80. The van der Waals surface area contributed by atoms with Gasteiger partial charge in [-0.25, -0.2) is 0 Å². The van der Waals surface area contributed by atoms with Crippen LogP contribution in [0.4, 0.5) is 0 Å². The lowest BCUT2D eigenvalue weighted by Crippen LogP contribution is -2.49. The van der Waals surface area contributed by atoms with Gasteiger partial charge in [0, 0.05) is 19.5 Å². The van der Waals surface area contributed by atoms with Crippen LogP contribution >= 0.6 is 0 Å². The molecule has 1 aliphatic rings. The fraction of sp³-hybridized carbons (Fsp3) is 0.500. The molecule has 6 nitrogen and oxygen atoms in total. The molecular formula is C18H22N2O4. The number of nitrogens with zero attached hydrogens (tertiary/aromatic N) is 2. The molecule has 0 saturated carbocycles. The standard InChI is InChI=1S/C18H22N2O4/c1-13-10-20(11-14(2)24-13)17(21)12-23-18(22)8-7-15-3-5-16(9-19)6-4-15/h3-6,13-14H,7-8,10-12H2,1-2H3/t13-,14+. The molecule has 1 heterocycles. The van der Waals surface area contributed by atoms with Crippen LogP contribution in [0.1, 0.15) is 31.4 Å². The van der Waals surface area contributed by atoms with E-state index in [1.165, 1.54) is 0 Å². The van der Waals surface area contributed by atoms with Crippen molar-refractivity contribution < 1.29 is 19.1 Å². The average molecular weight is 330 g/mol. The van der Waals surface area contributed by atoms with Crippen molar-refractivity contribution >= 4 is 11.9 Å². The Balaban J connectivity index is 1.72. The Kier molecular flexibility index (Phi) is 6.33. The summed E-state index contributed by atoms with van der Waals surface area (Å²) in [4.78, 5) is 25.6. The van der Waals surface area contributed by atoms with Crippen molar-refractivity contribution in [2.24, 2.45) is 0 Å². The molecule has 0 aliphatic carbocycles. The topological polar surface area (TPSA) is 79.6 Å². The van der Waals surface area contributed by atoms with Crippen LogP contribution in [0.3, 0.4) is 0 Å². The molecule has 0 bridgehead atoms. The van der Waals surface area contributed by atoms with Crippen LogP contribution in [0.5, 0.6) is 0 Å². The number of benzene rings is 1. The fourth-order valence-electron chi connectivity index (χ4n) is 2.68. The molecule has 1 saturated heterocycles. The Morgan fingerprint density at radius 1 is 1.25 bits per heavy atom. The lowest BCUT2D eigenvalue weighted by atomic mass is 10.1. The molecule has 1 aromatic carbocycles. The van der Waals surface area contributed by atoms with Crippen molar-refractivity contribution in [2.45, 2.75) is 38.9 Å². The first-order valence-electron chi connectivity index (χ1n) is 8.06. The Bertz CT molecular complexity index is 611. The van der Waals surface area contributed by atoms with Gasteiger partial charge in [-0.1, -0.05) is 12.1 Å². The Hall–Kier alpha value is -2.39. The Morgan fingerprint density at radius 3 is 2.46 bits per heavy atom. The quantitative estimate of drug-likeness (QED) is 0.767. The van der Waals surface area contributed by atoms with Crippen molar-refractivity contribution in [1.29, 1.82) is 5.26 Å². The van der Waals surface area contributed by atoms with Gasteiger partial charge in [-0.3, -0.25) is 9.59 Å². The molecular weight excluding hydrogens is 308 g/mol. The molecule has 0 spiro atoms. The summed E-state index contributed by atoms with van der Waals surface area (Å²) in [6, 6.07) is 9.10. The molecule has 0 aromatic heterocycles. The number of nitriles is 1. The SMILES string of the molecule is C[C@@H]1CN(C(=O)COC(=O)CCc2ccc(C#N)cc2)C[C@H](C)O1. The van der Waals surface area contributed by atoms with Crippen LogP contribution in [-0.4, -0.2) is 48.7 Å². The van der Waals surface area contributed by atoms with Crippen LogP contribution in [-0.2, 0) is 25.5 Å². The minimum absolute atomic E-state index is 0.00946. The fourth-order valence-corrected chi connectivity index (χ4v) is 2.68. The van der Waals surface area contributed by atoms with E-state index in [4.69, 9.17) is 14.7 Å². The maximum absolute atomic E-state index is 12.1. The van der Waals surface area contributed by atoms with Crippen LogP contribution < -0.4 is 0 Å². The molecule has 0 unspecified atom stereocenters. The van der Waals surface area contributed by atoms with E-state index in [1.807, 2.05) is 32.0 Å². The maximum atomic E-state index is 12.1. The Labute approximate surface area is 142 Å². The highest BCUT2D eigenvalue weighted by Gasteiger charge is 2.26. The Morgan fingerprint density at radius 2 is 1.88 bits per heavy atom. The first kappa shape index (κ1) is 18.0. The zero-order valence-electron chi connectivity index (χ0n) is 14.0. The van der Waals surface area contributed by atoms with E-state index < -0.39 is 5.97 Å². The number of ether oxygens (including phenoxy) is 2. The number of carbonyl (C=O) groups is 2. The van der Waals surface area contributed by atoms with E-state index in [2.05, 4.69) is 0 Å². The highest BCUT2D eigenvalue weighted by atomic mass is 16.5. The normalized spacial score (nSPS) is 20.3. The third-order valence-corrected chi connectivity index (χ3v) is 3.83. The van der Waals surface area contributed by atoms with Gasteiger partial charge in [-0.15, -0.1) is 0 Å². The van der Waals surface area contributed by atoms with E-state index in [-0.39, 0.29) is 31.1 Å². The third kappa shape index (κ3) is 5.36. The van der Waals surface area contributed by atoms with Gasteiger partial charge in [-0.05, 0) is 38.0 Å². The number of aryl methyl sites for hydroxylation is 1. The van der Waals surface area contributed by atoms with Crippen molar-refractivity contribution in [2.75, 3.05) is 19.7 Å². The van der Waals surface area contributed by atoms with E-state index in [9.17, 15) is 9.59 Å². The second-order valence-corrected chi connectivity index (χ2v) is 6.03. The maximum Gasteiger partial charge on any atom is 0.306 e. The van der Waals surface area contributed by atoms with Crippen molar-refractivity contribution in [3.05, 3.63) is 35.4 Å². The highest BCUT2D eigenvalue weighted by Crippen LogP contribution is 2.11. The minimum atomic E-state index is -0.401. The predicted octanol–water partition coefficient (Wildman–Crippen LogP) is 1.67. The van der Waals surface area contributed by atoms with Gasteiger partial charge in [0.1, 0.15) is 0 Å². The summed E-state index contributed by atoms with van der Waals surface area (Å²) in [5.41, 5.74) is 1.54. The van der Waals surface area contributed by atoms with Gasteiger partial charge < -0.3 is 14.4 Å². The van der Waals surface area contributed by atoms with Crippen LogP contribution in [0.15, 0.2) is 24.3 Å². The summed E-state index contributed by atoms with van der Waals surface area (Å²) in [7, 11) is 0. The monoisotopic (exact) mass is 330 g/mol. The number of morpholine rings is 1. The van der Waals surface area contributed by atoms with Gasteiger partial charge in [-0.2, -0.15) is 5.26 Å². The zero-order valence-corrected chi connectivity index (χ0v) is 14.0. The third-order valence-electron chi connectivity index (χ3n) is 3.83. The lowest BCUT2D eigenvalue weighted by Gasteiger charge is -2.35. The summed E-state index contributed by atoms with van der Waals surface area (Å²) in [5.74, 6) is -0.592. The number of carbonyl (C=O) groups excluding carboxylic acids is 2. The van der Waals surface area contributed by atoms with E-state index in [1.54, 1.807) is 17.0 Å². The van der Waals surface area contributed by atoms with Crippen LogP contribution in [0.2, 0.25) is 0 Å². The molecule has 6 heteroatoms. The van der Waals surface area contributed by atoms with Crippen LogP contribution in [0, 0.1) is 11.3 Å². The van der Waals surface area contributed by atoms with Gasteiger partial charge in [0.25, 0.3) is 5.91 Å². The average Bonchev–Trinajstić information content (AvgIpc) is 2.57. The molecule has 24 heavy (non-hydrogen) atoms. The van der Waals surface area contributed by atoms with Gasteiger partial charge in [0.05, 0.1) is 23.8 Å². The molecule has 1 aromatic rings. The summed E-state index contributed by atoms with van der Waals surface area (Å²) in [6.45, 7) is 4.64. The number of hydrogen-bond donors (Lipinski definition) is 0. The first-order valence-corrected chi connectivity index (χ1v) is 8.06. The number of rotatable bonds is 5. The molecule has 1 amide bonds. The van der Waals surface area contributed by atoms with Gasteiger partial charge in [0.2, 0.25) is 0 Å². The van der Waals surface area contributed by atoms with Gasteiger partial charge >= 0.3 is 5.97 Å². The molecule has 2 rings (SSSR count). The smallest absolute Gasteiger partial charge is 0.306 e. The summed E-state index contributed by atoms with van der Waals surface area (Å²) in [5, 5.41) is 8.74. The summed E-state index contributed by atoms with van der Waals surface area (Å²) in [6.07, 6.45) is 0.703. The summed E-state index contributed by atoms with van der Waals surface area (Å²) >= 11 is 0. The molecule has 0 radical (unpaired) electrons. The molecule has 2 atom stereocenters. The molecule has 1 fully saturated rings. The lowest BCUT2D eigenvalue weighted by molar-refractivity contribution is -0.157. The first-order chi connectivity index (χ1) is 11.5. The summed E-state index contributed by atoms with van der Waals surface area (Å²) < 4.78 is 10.6. The zero-order chi connectivity index (χ0) is 17.5. The molecule has 0 N–H and O–H groups in total. The van der Waals surface area contributed by atoms with Crippen molar-refractivity contribution in [3.8, 4) is 6.07 Å². The van der Waals surface area contributed by atoms with Crippen LogP contribution in [0.25, 0.3) is 0 Å². The number of amides is 1. The van der Waals surface area contributed by atoms with Gasteiger partial charge in [0.15, 0.2) is 6.61 Å². The number of hydrogen-bond acceptors (Lipinski definition) is 5. The van der Waals surface area contributed by atoms with E-state index >= 15 is 0 Å².